The predicted molar refractivity (Wildman–Crippen MR) is 97.7 cm³/mol. The van der Waals surface area contributed by atoms with Gasteiger partial charge in [-0.15, -0.1) is 0 Å². The molecule has 0 radical (unpaired) electrons. The molecular formula is C18H20ClN5O. The fraction of sp³-hybridized carbons (Fsp3) is 0.278. The molecule has 3 aromatic rings. The van der Waals surface area contributed by atoms with Crippen LogP contribution in [-0.4, -0.2) is 20.2 Å². The minimum absolute atomic E-state index is 0.490. The van der Waals surface area contributed by atoms with E-state index < -0.39 is 0 Å². The maximum Gasteiger partial charge on any atom is 0.243 e. The number of nitrogens with one attached hydrogen (secondary N) is 1. The van der Waals surface area contributed by atoms with Gasteiger partial charge in [-0.25, -0.2) is 4.68 Å². The van der Waals surface area contributed by atoms with Gasteiger partial charge in [-0.05, 0) is 40.1 Å². The van der Waals surface area contributed by atoms with Gasteiger partial charge >= 0.3 is 0 Å². The fourth-order valence-electron chi connectivity index (χ4n) is 2.38. The maximum absolute atomic E-state index is 6.34. The first-order valence-electron chi connectivity index (χ1n) is 8.21. The second-order valence-corrected chi connectivity index (χ2v) is 6.03. The Hall–Kier alpha value is -2.60. The molecular weight excluding hydrogens is 338 g/mol. The SMILES string of the molecule is CCCn1nnnc1NCc1ccc(OCc2ccccc2)c(Cl)c1. The maximum atomic E-state index is 6.34. The van der Waals surface area contributed by atoms with E-state index in [1.54, 1.807) is 4.68 Å². The highest BCUT2D eigenvalue weighted by molar-refractivity contribution is 6.32. The summed E-state index contributed by atoms with van der Waals surface area (Å²) in [5.74, 6) is 1.33. The molecule has 0 saturated carbocycles. The topological polar surface area (TPSA) is 64.9 Å². The van der Waals surface area contributed by atoms with Crippen LogP contribution in [0, 0.1) is 0 Å². The molecule has 3 rings (SSSR count). The Balaban J connectivity index is 1.58. The van der Waals surface area contributed by atoms with Gasteiger partial charge in [0.15, 0.2) is 0 Å². The molecule has 1 heterocycles. The van der Waals surface area contributed by atoms with E-state index >= 15 is 0 Å². The summed E-state index contributed by atoms with van der Waals surface area (Å²) in [5, 5.41) is 15.4. The van der Waals surface area contributed by atoms with Crippen LogP contribution in [0.5, 0.6) is 5.75 Å². The average Bonchev–Trinajstić information content (AvgIpc) is 3.07. The number of ether oxygens (including phenoxy) is 1. The van der Waals surface area contributed by atoms with Gasteiger partial charge in [0, 0.05) is 13.1 Å². The van der Waals surface area contributed by atoms with Crippen LogP contribution in [-0.2, 0) is 19.7 Å². The molecule has 0 aliphatic carbocycles. The summed E-state index contributed by atoms with van der Waals surface area (Å²) in [5.41, 5.74) is 2.13. The number of aromatic nitrogens is 4. The van der Waals surface area contributed by atoms with Gasteiger partial charge in [0.25, 0.3) is 0 Å². The van der Waals surface area contributed by atoms with Crippen LogP contribution in [0.4, 0.5) is 5.95 Å². The lowest BCUT2D eigenvalue weighted by molar-refractivity contribution is 0.306. The summed E-state index contributed by atoms with van der Waals surface area (Å²) in [6, 6.07) is 15.8. The van der Waals surface area contributed by atoms with Crippen molar-refractivity contribution in [1.82, 2.24) is 20.2 Å². The molecule has 0 aliphatic heterocycles. The molecule has 7 heteroatoms. The molecule has 0 aliphatic rings. The first-order valence-corrected chi connectivity index (χ1v) is 8.59. The number of nitrogens with zero attached hydrogens (tertiary/aromatic N) is 4. The Bertz CT molecular complexity index is 806. The molecule has 0 unspecified atom stereocenters. The van der Waals surface area contributed by atoms with Gasteiger partial charge < -0.3 is 10.1 Å². The smallest absolute Gasteiger partial charge is 0.243 e. The summed E-state index contributed by atoms with van der Waals surface area (Å²) >= 11 is 6.34. The van der Waals surface area contributed by atoms with Crippen molar-refractivity contribution < 1.29 is 4.74 Å². The third-order valence-electron chi connectivity index (χ3n) is 3.65. The van der Waals surface area contributed by atoms with Crippen LogP contribution in [0.1, 0.15) is 24.5 Å². The lowest BCUT2D eigenvalue weighted by Crippen LogP contribution is -2.08. The molecule has 130 valence electrons. The van der Waals surface area contributed by atoms with Crippen LogP contribution in [0.25, 0.3) is 0 Å². The summed E-state index contributed by atoms with van der Waals surface area (Å²) < 4.78 is 7.54. The van der Waals surface area contributed by atoms with Crippen molar-refractivity contribution in [1.29, 1.82) is 0 Å². The minimum Gasteiger partial charge on any atom is -0.487 e. The number of benzene rings is 2. The summed E-state index contributed by atoms with van der Waals surface area (Å²) in [7, 11) is 0. The van der Waals surface area contributed by atoms with Crippen LogP contribution in [0.3, 0.4) is 0 Å². The number of aryl methyl sites for hydroxylation is 1. The molecule has 0 amide bonds. The molecule has 2 aromatic carbocycles. The fourth-order valence-corrected chi connectivity index (χ4v) is 2.64. The molecule has 6 nitrogen and oxygen atoms in total. The molecule has 0 saturated heterocycles. The van der Waals surface area contributed by atoms with E-state index in [2.05, 4.69) is 27.8 Å². The Morgan fingerprint density at radius 2 is 1.96 bits per heavy atom. The van der Waals surface area contributed by atoms with Crippen LogP contribution < -0.4 is 10.1 Å². The van der Waals surface area contributed by atoms with Crippen molar-refractivity contribution in [2.24, 2.45) is 0 Å². The Labute approximate surface area is 151 Å². The van der Waals surface area contributed by atoms with E-state index in [4.69, 9.17) is 16.3 Å². The highest BCUT2D eigenvalue weighted by atomic mass is 35.5. The zero-order valence-electron chi connectivity index (χ0n) is 14.0. The number of hydrogen-bond donors (Lipinski definition) is 1. The summed E-state index contributed by atoms with van der Waals surface area (Å²) in [4.78, 5) is 0. The van der Waals surface area contributed by atoms with Crippen molar-refractivity contribution in [3.05, 3.63) is 64.7 Å². The molecule has 0 atom stereocenters. The highest BCUT2D eigenvalue weighted by Crippen LogP contribution is 2.26. The van der Waals surface area contributed by atoms with E-state index in [-0.39, 0.29) is 0 Å². The van der Waals surface area contributed by atoms with Crippen molar-refractivity contribution in [3.8, 4) is 5.75 Å². The highest BCUT2D eigenvalue weighted by Gasteiger charge is 2.07. The van der Waals surface area contributed by atoms with E-state index in [0.717, 1.165) is 24.1 Å². The molecule has 1 aromatic heterocycles. The largest absolute Gasteiger partial charge is 0.487 e. The molecule has 0 fully saturated rings. The van der Waals surface area contributed by atoms with Crippen molar-refractivity contribution in [2.75, 3.05) is 5.32 Å². The van der Waals surface area contributed by atoms with E-state index in [1.807, 2.05) is 48.5 Å². The number of tetrazole rings is 1. The number of anilines is 1. The van der Waals surface area contributed by atoms with E-state index in [0.29, 0.717) is 29.9 Å². The third kappa shape index (κ3) is 4.70. The summed E-state index contributed by atoms with van der Waals surface area (Å²) in [6.45, 7) is 3.94. The summed E-state index contributed by atoms with van der Waals surface area (Å²) in [6.07, 6.45) is 0.971. The van der Waals surface area contributed by atoms with Crippen molar-refractivity contribution >= 4 is 17.5 Å². The van der Waals surface area contributed by atoms with Crippen LogP contribution in [0.2, 0.25) is 5.02 Å². The van der Waals surface area contributed by atoms with Gasteiger partial charge in [0.2, 0.25) is 5.95 Å². The second kappa shape index (κ2) is 8.48. The molecule has 0 spiro atoms. The quantitative estimate of drug-likeness (QED) is 0.661. The lowest BCUT2D eigenvalue weighted by atomic mass is 10.2. The first kappa shape index (κ1) is 17.2. The first-order chi connectivity index (χ1) is 12.3. The Morgan fingerprint density at radius 1 is 1.12 bits per heavy atom. The Morgan fingerprint density at radius 3 is 2.72 bits per heavy atom. The lowest BCUT2D eigenvalue weighted by Gasteiger charge is -2.10. The monoisotopic (exact) mass is 357 g/mol. The third-order valence-corrected chi connectivity index (χ3v) is 3.95. The van der Waals surface area contributed by atoms with Crippen molar-refractivity contribution in [2.45, 2.75) is 33.0 Å². The number of rotatable bonds is 8. The normalized spacial score (nSPS) is 10.6. The van der Waals surface area contributed by atoms with Crippen LogP contribution >= 0.6 is 11.6 Å². The van der Waals surface area contributed by atoms with E-state index in [9.17, 15) is 0 Å². The molecule has 1 N–H and O–H groups in total. The minimum atomic E-state index is 0.490. The van der Waals surface area contributed by atoms with Crippen LogP contribution in [0.15, 0.2) is 48.5 Å². The van der Waals surface area contributed by atoms with Gasteiger partial charge in [0.1, 0.15) is 12.4 Å². The Kier molecular flexibility index (Phi) is 5.85. The van der Waals surface area contributed by atoms with Gasteiger partial charge in [-0.1, -0.05) is 60.0 Å². The number of hydrogen-bond acceptors (Lipinski definition) is 5. The number of halogens is 1. The molecule has 25 heavy (non-hydrogen) atoms. The predicted octanol–water partition coefficient (Wildman–Crippen LogP) is 3.93. The second-order valence-electron chi connectivity index (χ2n) is 5.62. The van der Waals surface area contributed by atoms with Gasteiger partial charge in [0.05, 0.1) is 5.02 Å². The van der Waals surface area contributed by atoms with Gasteiger partial charge in [-0.2, -0.15) is 0 Å². The van der Waals surface area contributed by atoms with Gasteiger partial charge in [-0.3, -0.25) is 0 Å². The molecule has 0 bridgehead atoms. The van der Waals surface area contributed by atoms with Crippen molar-refractivity contribution in [3.63, 3.8) is 0 Å². The standard InChI is InChI=1S/C18H20ClN5O/c1-2-10-24-18(21-22-23-24)20-12-15-8-9-17(16(19)11-15)25-13-14-6-4-3-5-7-14/h3-9,11H,2,10,12-13H2,1H3,(H,20,21,23). The zero-order valence-corrected chi connectivity index (χ0v) is 14.8. The zero-order chi connectivity index (χ0) is 17.5. The van der Waals surface area contributed by atoms with E-state index in [1.165, 1.54) is 0 Å². The average molecular weight is 358 g/mol.